The van der Waals surface area contributed by atoms with Crippen LogP contribution >= 0.6 is 0 Å². The molecule has 2 heterocycles. The molecule has 1 fully saturated rings. The first-order valence-corrected chi connectivity index (χ1v) is 12.0. The molecule has 1 aliphatic rings. The van der Waals surface area contributed by atoms with Crippen LogP contribution in [0.25, 0.3) is 22.4 Å². The third-order valence-corrected chi connectivity index (χ3v) is 6.31. The minimum absolute atomic E-state index is 0.0112. The summed E-state index contributed by atoms with van der Waals surface area (Å²) in [7, 11) is 1.65. The van der Waals surface area contributed by atoms with Crippen LogP contribution in [0.4, 0.5) is 5.82 Å². The van der Waals surface area contributed by atoms with E-state index in [1.165, 1.54) is 0 Å². The second-order valence-corrected chi connectivity index (χ2v) is 8.50. The Morgan fingerprint density at radius 2 is 1.42 bits per heavy atom. The molecule has 3 aromatic carbocycles. The second-order valence-electron chi connectivity index (χ2n) is 8.50. The number of hydrogen-bond acceptors (Lipinski definition) is 6. The maximum absolute atomic E-state index is 12.9. The fourth-order valence-electron chi connectivity index (χ4n) is 4.36. The van der Waals surface area contributed by atoms with Gasteiger partial charge in [0.25, 0.3) is 5.91 Å². The number of carbonyl (C=O) groups is 1. The van der Waals surface area contributed by atoms with Crippen molar-refractivity contribution in [3.8, 4) is 33.9 Å². The molecule has 7 nitrogen and oxygen atoms in total. The zero-order chi connectivity index (χ0) is 24.7. The average molecular weight is 481 g/mol. The van der Waals surface area contributed by atoms with E-state index in [1.807, 2.05) is 95.9 Å². The topological polar surface area (TPSA) is 67.8 Å². The lowest BCUT2D eigenvalue weighted by Gasteiger charge is -2.35. The summed E-state index contributed by atoms with van der Waals surface area (Å²) in [6, 6.07) is 29.5. The Labute approximate surface area is 210 Å². The quantitative estimate of drug-likeness (QED) is 0.387. The maximum atomic E-state index is 12.9. The molecule has 1 aromatic heterocycles. The predicted molar refractivity (Wildman–Crippen MR) is 140 cm³/mol. The highest BCUT2D eigenvalue weighted by atomic mass is 16.5. The molecule has 1 amide bonds. The lowest BCUT2D eigenvalue weighted by atomic mass is 10.1. The predicted octanol–water partition coefficient (Wildman–Crippen LogP) is 4.55. The number of carbonyl (C=O) groups excluding carboxylic acids is 1. The number of amides is 1. The third kappa shape index (κ3) is 5.15. The molecule has 5 rings (SSSR count). The highest BCUT2D eigenvalue weighted by molar-refractivity contribution is 5.79. The van der Waals surface area contributed by atoms with Crippen molar-refractivity contribution in [3.63, 3.8) is 0 Å². The molecule has 36 heavy (non-hydrogen) atoms. The third-order valence-electron chi connectivity index (χ3n) is 6.31. The van der Waals surface area contributed by atoms with Gasteiger partial charge < -0.3 is 19.3 Å². The van der Waals surface area contributed by atoms with E-state index in [2.05, 4.69) is 15.1 Å². The highest BCUT2D eigenvalue weighted by Crippen LogP contribution is 2.30. The molecule has 1 saturated heterocycles. The molecular weight excluding hydrogens is 452 g/mol. The van der Waals surface area contributed by atoms with E-state index in [-0.39, 0.29) is 12.5 Å². The summed E-state index contributed by atoms with van der Waals surface area (Å²) >= 11 is 0. The minimum Gasteiger partial charge on any atom is -0.496 e. The largest absolute Gasteiger partial charge is 0.496 e. The Bertz CT molecular complexity index is 1300. The van der Waals surface area contributed by atoms with Gasteiger partial charge in [0.2, 0.25) is 0 Å². The maximum Gasteiger partial charge on any atom is 0.260 e. The Balaban J connectivity index is 1.17. The van der Waals surface area contributed by atoms with Gasteiger partial charge in [0, 0.05) is 37.3 Å². The van der Waals surface area contributed by atoms with Gasteiger partial charge in [-0.2, -0.15) is 0 Å². The number of piperazine rings is 1. The molecule has 0 aliphatic carbocycles. The van der Waals surface area contributed by atoms with Crippen LogP contribution in [0.1, 0.15) is 0 Å². The standard InChI is InChI=1S/C29H28N4O3/c1-35-26-13-7-6-12-24(26)25-15-16-28(31-30-25)32-17-19-33(20-18-32)29(34)21-36-27-14-8-5-11-23(27)22-9-3-2-4-10-22/h2-16H,17-21H2,1H3. The van der Waals surface area contributed by atoms with Crippen LogP contribution in [0.2, 0.25) is 0 Å². The van der Waals surface area contributed by atoms with Crippen molar-refractivity contribution >= 4 is 11.7 Å². The van der Waals surface area contributed by atoms with Gasteiger partial charge >= 0.3 is 0 Å². The average Bonchev–Trinajstić information content (AvgIpc) is 2.96. The van der Waals surface area contributed by atoms with Crippen molar-refractivity contribution in [3.05, 3.63) is 91.0 Å². The summed E-state index contributed by atoms with van der Waals surface area (Å²) in [5, 5.41) is 8.84. The number of para-hydroxylation sites is 2. The first-order valence-electron chi connectivity index (χ1n) is 12.0. The fourth-order valence-corrected chi connectivity index (χ4v) is 4.36. The number of anilines is 1. The molecule has 0 N–H and O–H groups in total. The smallest absolute Gasteiger partial charge is 0.260 e. The SMILES string of the molecule is COc1ccccc1-c1ccc(N2CCN(C(=O)COc3ccccc3-c3ccccc3)CC2)nn1. The van der Waals surface area contributed by atoms with Crippen LogP contribution in [0.3, 0.4) is 0 Å². The zero-order valence-corrected chi connectivity index (χ0v) is 20.2. The van der Waals surface area contributed by atoms with Gasteiger partial charge in [-0.3, -0.25) is 4.79 Å². The zero-order valence-electron chi connectivity index (χ0n) is 20.2. The lowest BCUT2D eigenvalue weighted by Crippen LogP contribution is -2.50. The first-order chi connectivity index (χ1) is 17.7. The van der Waals surface area contributed by atoms with Gasteiger partial charge in [-0.15, -0.1) is 10.2 Å². The molecule has 0 saturated carbocycles. The molecule has 4 aromatic rings. The summed E-state index contributed by atoms with van der Waals surface area (Å²) in [6.45, 7) is 2.61. The molecule has 7 heteroatoms. The lowest BCUT2D eigenvalue weighted by molar-refractivity contribution is -0.133. The van der Waals surface area contributed by atoms with Gasteiger partial charge in [-0.25, -0.2) is 0 Å². The van der Waals surface area contributed by atoms with Crippen molar-refractivity contribution < 1.29 is 14.3 Å². The first kappa shape index (κ1) is 23.4. The van der Waals surface area contributed by atoms with Crippen molar-refractivity contribution in [1.29, 1.82) is 0 Å². The van der Waals surface area contributed by atoms with E-state index in [0.717, 1.165) is 34.0 Å². The van der Waals surface area contributed by atoms with Crippen molar-refractivity contribution in [1.82, 2.24) is 15.1 Å². The molecule has 0 atom stereocenters. The van der Waals surface area contributed by atoms with Crippen LogP contribution in [0, 0.1) is 0 Å². The van der Waals surface area contributed by atoms with Gasteiger partial charge in [-0.05, 0) is 35.9 Å². The van der Waals surface area contributed by atoms with E-state index < -0.39 is 0 Å². The molecule has 0 spiro atoms. The number of ether oxygens (including phenoxy) is 2. The summed E-state index contributed by atoms with van der Waals surface area (Å²) in [4.78, 5) is 16.9. The number of hydrogen-bond donors (Lipinski definition) is 0. The Morgan fingerprint density at radius 1 is 0.750 bits per heavy atom. The number of aromatic nitrogens is 2. The van der Waals surface area contributed by atoms with Crippen LogP contribution in [0.15, 0.2) is 91.0 Å². The van der Waals surface area contributed by atoms with Crippen LogP contribution < -0.4 is 14.4 Å². The van der Waals surface area contributed by atoms with Gasteiger partial charge in [0.05, 0.1) is 12.8 Å². The Hall–Kier alpha value is -4.39. The Morgan fingerprint density at radius 3 is 2.11 bits per heavy atom. The number of nitrogens with zero attached hydrogens (tertiary/aromatic N) is 4. The highest BCUT2D eigenvalue weighted by Gasteiger charge is 2.23. The fraction of sp³-hybridized carbons (Fsp3) is 0.207. The molecule has 0 unspecified atom stereocenters. The molecule has 0 radical (unpaired) electrons. The summed E-state index contributed by atoms with van der Waals surface area (Å²) < 4.78 is 11.4. The molecular formula is C29H28N4O3. The number of methoxy groups -OCH3 is 1. The Kier molecular flexibility index (Phi) is 7.07. The summed E-state index contributed by atoms with van der Waals surface area (Å²) in [5.41, 5.74) is 3.71. The van der Waals surface area contributed by atoms with E-state index in [4.69, 9.17) is 9.47 Å². The minimum atomic E-state index is -0.0184. The van der Waals surface area contributed by atoms with Crippen LogP contribution in [-0.4, -0.2) is 60.9 Å². The molecule has 182 valence electrons. The van der Waals surface area contributed by atoms with Crippen molar-refractivity contribution in [2.24, 2.45) is 0 Å². The van der Waals surface area contributed by atoms with Gasteiger partial charge in [0.15, 0.2) is 12.4 Å². The van der Waals surface area contributed by atoms with E-state index in [1.54, 1.807) is 7.11 Å². The van der Waals surface area contributed by atoms with E-state index in [0.29, 0.717) is 31.9 Å². The van der Waals surface area contributed by atoms with Gasteiger partial charge in [0.1, 0.15) is 11.5 Å². The molecule has 1 aliphatic heterocycles. The monoisotopic (exact) mass is 480 g/mol. The van der Waals surface area contributed by atoms with Gasteiger partial charge in [-0.1, -0.05) is 60.7 Å². The summed E-state index contributed by atoms with van der Waals surface area (Å²) in [6.07, 6.45) is 0. The van der Waals surface area contributed by atoms with Crippen LogP contribution in [0.5, 0.6) is 11.5 Å². The van der Waals surface area contributed by atoms with Crippen molar-refractivity contribution in [2.75, 3.05) is 44.8 Å². The number of rotatable bonds is 7. The summed E-state index contributed by atoms with van der Waals surface area (Å²) in [5.74, 6) is 2.25. The normalized spacial score (nSPS) is 13.4. The van der Waals surface area contributed by atoms with Crippen molar-refractivity contribution in [2.45, 2.75) is 0 Å². The number of benzene rings is 3. The second kappa shape index (κ2) is 10.9. The van der Waals surface area contributed by atoms with E-state index >= 15 is 0 Å². The van der Waals surface area contributed by atoms with E-state index in [9.17, 15) is 4.79 Å². The van der Waals surface area contributed by atoms with Crippen LogP contribution in [-0.2, 0) is 4.79 Å². The molecule has 0 bridgehead atoms.